The Labute approximate surface area is 116 Å². The van der Waals surface area contributed by atoms with Crippen LogP contribution in [0.15, 0.2) is 16.9 Å². The van der Waals surface area contributed by atoms with Gasteiger partial charge in [-0.2, -0.15) is 0 Å². The third-order valence-electron chi connectivity index (χ3n) is 3.46. The van der Waals surface area contributed by atoms with Gasteiger partial charge in [0.1, 0.15) is 12.1 Å². The van der Waals surface area contributed by atoms with Crippen molar-refractivity contribution in [3.05, 3.63) is 40.8 Å². The summed E-state index contributed by atoms with van der Waals surface area (Å²) in [7, 11) is 0. The third kappa shape index (κ3) is 2.54. The van der Waals surface area contributed by atoms with Gasteiger partial charge in [-0.15, -0.1) is 0 Å². The smallest absolute Gasteiger partial charge is 0.274 e. The molecule has 0 unspecified atom stereocenters. The molecule has 2 aromatic heterocycles. The van der Waals surface area contributed by atoms with Crippen LogP contribution in [0.25, 0.3) is 0 Å². The van der Waals surface area contributed by atoms with Crippen LogP contribution in [0.1, 0.15) is 46.0 Å². The van der Waals surface area contributed by atoms with E-state index in [1.807, 2.05) is 13.0 Å². The first kappa shape index (κ1) is 12.8. The third-order valence-corrected chi connectivity index (χ3v) is 3.46. The van der Waals surface area contributed by atoms with Crippen molar-refractivity contribution in [1.82, 2.24) is 20.4 Å². The summed E-state index contributed by atoms with van der Waals surface area (Å²) in [5.74, 6) is 0.660. The van der Waals surface area contributed by atoms with E-state index >= 15 is 0 Å². The average Bonchev–Trinajstić information content (AvgIpc) is 2.89. The summed E-state index contributed by atoms with van der Waals surface area (Å²) in [5.41, 5.74) is 3.05. The van der Waals surface area contributed by atoms with Gasteiger partial charge in [-0.1, -0.05) is 5.16 Å². The number of rotatable bonds is 3. The van der Waals surface area contributed by atoms with Crippen molar-refractivity contribution in [2.45, 2.75) is 39.2 Å². The second kappa shape index (κ2) is 5.40. The van der Waals surface area contributed by atoms with E-state index in [0.717, 1.165) is 48.4 Å². The van der Waals surface area contributed by atoms with Gasteiger partial charge in [0.2, 0.25) is 0 Å². The van der Waals surface area contributed by atoms with Crippen molar-refractivity contribution < 1.29 is 9.32 Å². The van der Waals surface area contributed by atoms with Crippen LogP contribution in [0.4, 0.5) is 0 Å². The lowest BCUT2D eigenvalue weighted by Gasteiger charge is -2.09. The fraction of sp³-hybridized carbons (Fsp3) is 0.429. The van der Waals surface area contributed by atoms with Crippen LogP contribution >= 0.6 is 0 Å². The zero-order valence-electron chi connectivity index (χ0n) is 11.3. The molecule has 2 aromatic rings. The molecular weight excluding hydrogens is 256 g/mol. The van der Waals surface area contributed by atoms with Crippen molar-refractivity contribution in [1.29, 1.82) is 0 Å². The molecule has 6 heteroatoms. The largest absolute Gasteiger partial charge is 0.360 e. The van der Waals surface area contributed by atoms with E-state index in [9.17, 15) is 4.79 Å². The summed E-state index contributed by atoms with van der Waals surface area (Å²) < 4.78 is 5.24. The number of amides is 1. The molecule has 20 heavy (non-hydrogen) atoms. The average molecular weight is 272 g/mol. The number of aryl methyl sites for hydroxylation is 2. The van der Waals surface area contributed by atoms with Crippen LogP contribution in [-0.4, -0.2) is 21.0 Å². The van der Waals surface area contributed by atoms with Crippen LogP contribution in [-0.2, 0) is 19.4 Å². The number of nitrogens with zero attached hydrogens (tertiary/aromatic N) is 3. The summed E-state index contributed by atoms with van der Waals surface area (Å²) in [6.45, 7) is 2.25. The summed E-state index contributed by atoms with van der Waals surface area (Å²) >= 11 is 0. The highest BCUT2D eigenvalue weighted by molar-refractivity contribution is 5.93. The molecule has 0 atom stereocenters. The highest BCUT2D eigenvalue weighted by atomic mass is 16.5. The van der Waals surface area contributed by atoms with Crippen molar-refractivity contribution in [2.24, 2.45) is 0 Å². The monoisotopic (exact) mass is 272 g/mol. The highest BCUT2D eigenvalue weighted by Crippen LogP contribution is 2.24. The predicted molar refractivity (Wildman–Crippen MR) is 71.1 cm³/mol. The van der Waals surface area contributed by atoms with Crippen molar-refractivity contribution >= 4 is 5.91 Å². The molecule has 1 N–H and O–H groups in total. The fourth-order valence-electron chi connectivity index (χ4n) is 2.42. The van der Waals surface area contributed by atoms with Gasteiger partial charge in [-0.25, -0.2) is 9.97 Å². The van der Waals surface area contributed by atoms with E-state index in [4.69, 9.17) is 4.52 Å². The van der Waals surface area contributed by atoms with Gasteiger partial charge in [0.05, 0.1) is 12.2 Å². The standard InChI is InChI=1S/C14H16N4O2/c1-9-6-10(17-8-16-9)7-15-14(19)13-11-4-2-3-5-12(11)20-18-13/h6,8H,2-5,7H2,1H3,(H,15,19). The fourth-order valence-corrected chi connectivity index (χ4v) is 2.42. The molecule has 104 valence electrons. The van der Waals surface area contributed by atoms with E-state index in [-0.39, 0.29) is 5.91 Å². The Bertz CT molecular complexity index is 636. The number of nitrogens with one attached hydrogen (secondary N) is 1. The topological polar surface area (TPSA) is 80.9 Å². The quantitative estimate of drug-likeness (QED) is 0.917. The summed E-state index contributed by atoms with van der Waals surface area (Å²) in [6.07, 6.45) is 5.42. The number of aromatic nitrogens is 3. The van der Waals surface area contributed by atoms with Gasteiger partial charge >= 0.3 is 0 Å². The Balaban J connectivity index is 1.69. The number of carbonyl (C=O) groups is 1. The van der Waals surface area contributed by atoms with Crippen molar-refractivity contribution in [3.63, 3.8) is 0 Å². The molecule has 0 spiro atoms. The molecular formula is C14H16N4O2. The molecule has 0 aliphatic heterocycles. The molecule has 0 aromatic carbocycles. The van der Waals surface area contributed by atoms with E-state index < -0.39 is 0 Å². The highest BCUT2D eigenvalue weighted by Gasteiger charge is 2.23. The number of carbonyl (C=O) groups excluding carboxylic acids is 1. The SMILES string of the molecule is Cc1cc(CNC(=O)c2noc3c2CCCC3)ncn1. The Morgan fingerprint density at radius 3 is 3.05 bits per heavy atom. The van der Waals surface area contributed by atoms with Gasteiger partial charge in [0, 0.05) is 17.7 Å². The summed E-state index contributed by atoms with van der Waals surface area (Å²) in [6, 6.07) is 1.85. The molecule has 1 aliphatic carbocycles. The first-order valence-corrected chi connectivity index (χ1v) is 6.77. The first-order chi connectivity index (χ1) is 9.74. The molecule has 2 heterocycles. The van der Waals surface area contributed by atoms with E-state index in [1.165, 1.54) is 6.33 Å². The lowest BCUT2D eigenvalue weighted by Crippen LogP contribution is -2.25. The Hall–Kier alpha value is -2.24. The molecule has 0 saturated heterocycles. The maximum absolute atomic E-state index is 12.2. The van der Waals surface area contributed by atoms with Crippen LogP contribution in [0.2, 0.25) is 0 Å². The normalized spacial score (nSPS) is 13.8. The van der Waals surface area contributed by atoms with Gasteiger partial charge in [-0.3, -0.25) is 4.79 Å². The number of fused-ring (bicyclic) bond motifs is 1. The molecule has 6 nitrogen and oxygen atoms in total. The molecule has 1 amide bonds. The van der Waals surface area contributed by atoms with E-state index in [0.29, 0.717) is 12.2 Å². The summed E-state index contributed by atoms with van der Waals surface area (Å²) in [4.78, 5) is 20.3. The summed E-state index contributed by atoms with van der Waals surface area (Å²) in [5, 5.41) is 6.73. The van der Waals surface area contributed by atoms with Crippen LogP contribution in [0.3, 0.4) is 0 Å². The molecule has 0 saturated carbocycles. The Kier molecular flexibility index (Phi) is 3.45. The Morgan fingerprint density at radius 1 is 1.35 bits per heavy atom. The lowest BCUT2D eigenvalue weighted by molar-refractivity contribution is 0.0940. The Morgan fingerprint density at radius 2 is 2.20 bits per heavy atom. The molecule has 1 aliphatic rings. The minimum Gasteiger partial charge on any atom is -0.360 e. The van der Waals surface area contributed by atoms with Gasteiger partial charge in [-0.05, 0) is 32.3 Å². The minimum atomic E-state index is -0.201. The first-order valence-electron chi connectivity index (χ1n) is 6.77. The second-order valence-electron chi connectivity index (χ2n) is 4.97. The van der Waals surface area contributed by atoms with Gasteiger partial charge < -0.3 is 9.84 Å². The zero-order valence-corrected chi connectivity index (χ0v) is 11.3. The van der Waals surface area contributed by atoms with E-state index in [1.54, 1.807) is 0 Å². The van der Waals surface area contributed by atoms with Crippen LogP contribution in [0, 0.1) is 6.92 Å². The van der Waals surface area contributed by atoms with Crippen LogP contribution in [0.5, 0.6) is 0 Å². The second-order valence-corrected chi connectivity index (χ2v) is 4.97. The molecule has 0 radical (unpaired) electrons. The van der Waals surface area contributed by atoms with E-state index in [2.05, 4.69) is 20.4 Å². The molecule has 3 rings (SSSR count). The van der Waals surface area contributed by atoms with Crippen LogP contribution < -0.4 is 5.32 Å². The van der Waals surface area contributed by atoms with Gasteiger partial charge in [0.25, 0.3) is 5.91 Å². The minimum absolute atomic E-state index is 0.201. The van der Waals surface area contributed by atoms with Gasteiger partial charge in [0.15, 0.2) is 5.69 Å². The number of hydrogen-bond donors (Lipinski definition) is 1. The van der Waals surface area contributed by atoms with Crippen molar-refractivity contribution in [2.75, 3.05) is 0 Å². The maximum Gasteiger partial charge on any atom is 0.274 e. The molecule has 0 bridgehead atoms. The zero-order chi connectivity index (χ0) is 13.9. The predicted octanol–water partition coefficient (Wildman–Crippen LogP) is 1.58. The number of hydrogen-bond acceptors (Lipinski definition) is 5. The van der Waals surface area contributed by atoms with Crippen molar-refractivity contribution in [3.8, 4) is 0 Å². The lowest BCUT2D eigenvalue weighted by atomic mass is 9.96. The molecule has 0 fully saturated rings. The maximum atomic E-state index is 12.2.